The van der Waals surface area contributed by atoms with Gasteiger partial charge in [-0.1, -0.05) is 43.0 Å². The topological polar surface area (TPSA) is 52.6 Å². The van der Waals surface area contributed by atoms with Crippen molar-refractivity contribution in [2.45, 2.75) is 20.8 Å². The van der Waals surface area contributed by atoms with Gasteiger partial charge >= 0.3 is 7.60 Å². The lowest BCUT2D eigenvalue weighted by Gasteiger charge is -2.20. The third kappa shape index (κ3) is 3.91. The first-order valence-corrected chi connectivity index (χ1v) is 8.68. The van der Waals surface area contributed by atoms with Crippen molar-refractivity contribution in [3.63, 3.8) is 0 Å². The predicted molar refractivity (Wildman–Crippen MR) is 91.0 cm³/mol. The molecule has 0 heterocycles. The molecule has 2 aromatic rings. The number of benzene rings is 2. The molecule has 0 aliphatic carbocycles. The van der Waals surface area contributed by atoms with Gasteiger partial charge in [-0.2, -0.15) is 0 Å². The lowest BCUT2D eigenvalue weighted by Crippen LogP contribution is -2.12. The first kappa shape index (κ1) is 17.0. The van der Waals surface area contributed by atoms with Crippen LogP contribution >= 0.6 is 7.60 Å². The first-order chi connectivity index (χ1) is 10.8. The Hall–Kier alpha value is -2.32. The molecule has 0 N–H and O–H groups in total. The van der Waals surface area contributed by atoms with Crippen molar-refractivity contribution < 1.29 is 18.4 Å². The lowest BCUT2D eigenvalue weighted by atomic mass is 10.2. The summed E-state index contributed by atoms with van der Waals surface area (Å²) in [5.41, 5.74) is 0.908. The first-order valence-electron chi connectivity index (χ1n) is 7.14. The molecule has 0 saturated heterocycles. The fourth-order valence-corrected chi connectivity index (χ4v) is 3.51. The number of para-hydroxylation sites is 2. The molecule has 2 aromatic carbocycles. The molecule has 0 unspecified atom stereocenters. The second-order valence-electron chi connectivity index (χ2n) is 5.30. The molecule has 0 radical (unpaired) electrons. The molecular weight excluding hydrogens is 311 g/mol. The van der Waals surface area contributed by atoms with Gasteiger partial charge in [0.1, 0.15) is 11.5 Å². The van der Waals surface area contributed by atoms with Gasteiger partial charge in [0.05, 0.1) is 0 Å². The Morgan fingerprint density at radius 1 is 0.913 bits per heavy atom. The van der Waals surface area contributed by atoms with Crippen LogP contribution in [0, 0.1) is 13.8 Å². The molecule has 4 nitrogen and oxygen atoms in total. The van der Waals surface area contributed by atoms with Crippen LogP contribution in [0.2, 0.25) is 0 Å². The van der Waals surface area contributed by atoms with Gasteiger partial charge < -0.3 is 9.05 Å². The summed E-state index contributed by atoms with van der Waals surface area (Å²) >= 11 is 0. The molecule has 23 heavy (non-hydrogen) atoms. The zero-order valence-electron chi connectivity index (χ0n) is 13.4. The standard InChI is InChI=1S/C18H19O4P/c1-13(2)18(19)23(20,21-16-11-7-5-9-14(16)3)22-17-12-8-6-10-15(17)4/h5-12H,1H2,2-4H3. The van der Waals surface area contributed by atoms with Crippen molar-refractivity contribution in [1.82, 2.24) is 0 Å². The third-order valence-electron chi connectivity index (χ3n) is 3.24. The van der Waals surface area contributed by atoms with E-state index in [1.807, 2.05) is 12.1 Å². The van der Waals surface area contributed by atoms with Crippen LogP contribution < -0.4 is 9.05 Å². The minimum absolute atomic E-state index is 0.121. The summed E-state index contributed by atoms with van der Waals surface area (Å²) in [6.45, 7) is 8.66. The van der Waals surface area contributed by atoms with E-state index in [2.05, 4.69) is 6.58 Å². The van der Waals surface area contributed by atoms with Crippen molar-refractivity contribution in [2.24, 2.45) is 0 Å². The van der Waals surface area contributed by atoms with Crippen LogP contribution in [0.4, 0.5) is 0 Å². The van der Waals surface area contributed by atoms with E-state index in [1.54, 1.807) is 50.2 Å². The maximum absolute atomic E-state index is 13.1. The number of hydrogen-bond acceptors (Lipinski definition) is 4. The molecule has 2 rings (SSSR count). The second-order valence-corrected chi connectivity index (χ2v) is 7.06. The monoisotopic (exact) mass is 330 g/mol. The van der Waals surface area contributed by atoms with E-state index in [0.29, 0.717) is 11.5 Å². The smallest absolute Gasteiger partial charge is 0.410 e. The third-order valence-corrected chi connectivity index (χ3v) is 4.99. The molecule has 0 fully saturated rings. The lowest BCUT2D eigenvalue weighted by molar-refractivity contribution is -0.109. The fourth-order valence-electron chi connectivity index (χ4n) is 1.91. The second kappa shape index (κ2) is 6.84. The van der Waals surface area contributed by atoms with E-state index < -0.39 is 13.1 Å². The molecule has 120 valence electrons. The number of aryl methyl sites for hydroxylation is 2. The largest absolute Gasteiger partial charge is 0.503 e. The van der Waals surface area contributed by atoms with Gasteiger partial charge in [-0.3, -0.25) is 4.79 Å². The van der Waals surface area contributed by atoms with Gasteiger partial charge in [0.2, 0.25) is 0 Å². The van der Waals surface area contributed by atoms with E-state index in [4.69, 9.17) is 9.05 Å². The molecule has 0 bridgehead atoms. The normalized spacial score (nSPS) is 10.9. The van der Waals surface area contributed by atoms with Crippen LogP contribution in [-0.2, 0) is 9.36 Å². The molecule has 0 aromatic heterocycles. The quantitative estimate of drug-likeness (QED) is 0.549. The summed E-state index contributed by atoms with van der Waals surface area (Å²) < 4.78 is 24.2. The van der Waals surface area contributed by atoms with Gasteiger partial charge in [-0.15, -0.1) is 0 Å². The van der Waals surface area contributed by atoms with Crippen molar-refractivity contribution in [3.05, 3.63) is 71.8 Å². The summed E-state index contributed by atoms with van der Waals surface area (Å²) in [5, 5.41) is 0. The maximum atomic E-state index is 13.1. The predicted octanol–water partition coefficient (Wildman–Crippen LogP) is 5.06. The summed E-state index contributed by atoms with van der Waals surface area (Å²) in [6, 6.07) is 14.0. The highest BCUT2D eigenvalue weighted by molar-refractivity contribution is 7.73. The van der Waals surface area contributed by atoms with Crippen LogP contribution in [-0.4, -0.2) is 5.52 Å². The Balaban J connectivity index is 2.43. The molecule has 0 aliphatic rings. The van der Waals surface area contributed by atoms with E-state index in [-0.39, 0.29) is 5.57 Å². The summed E-state index contributed by atoms with van der Waals surface area (Å²) in [4.78, 5) is 12.4. The highest BCUT2D eigenvalue weighted by Gasteiger charge is 2.39. The Morgan fingerprint density at radius 2 is 1.30 bits per heavy atom. The van der Waals surface area contributed by atoms with Crippen LogP contribution in [0.5, 0.6) is 11.5 Å². The number of rotatable bonds is 6. The number of allylic oxidation sites excluding steroid dienone is 1. The number of hydrogen-bond donors (Lipinski definition) is 0. The van der Waals surface area contributed by atoms with Crippen molar-refractivity contribution in [2.75, 3.05) is 0 Å². The molecule has 5 heteroatoms. The van der Waals surface area contributed by atoms with Crippen LogP contribution in [0.25, 0.3) is 0 Å². The number of carbonyl (C=O) groups excluding carboxylic acids is 1. The fraction of sp³-hybridized carbons (Fsp3) is 0.167. The van der Waals surface area contributed by atoms with Crippen molar-refractivity contribution >= 4 is 13.1 Å². The van der Waals surface area contributed by atoms with E-state index in [1.165, 1.54) is 6.92 Å². The van der Waals surface area contributed by atoms with Gasteiger partial charge in [-0.05, 0) is 44.0 Å². The van der Waals surface area contributed by atoms with Gasteiger partial charge in [0, 0.05) is 5.57 Å². The van der Waals surface area contributed by atoms with Gasteiger partial charge in [-0.25, -0.2) is 4.57 Å². The summed E-state index contributed by atoms with van der Waals surface area (Å²) in [7, 11) is -4.10. The van der Waals surface area contributed by atoms with Crippen molar-refractivity contribution in [1.29, 1.82) is 0 Å². The van der Waals surface area contributed by atoms with E-state index in [9.17, 15) is 9.36 Å². The molecule has 0 amide bonds. The average Bonchev–Trinajstić information content (AvgIpc) is 2.51. The Morgan fingerprint density at radius 3 is 1.65 bits per heavy atom. The molecule has 0 spiro atoms. The molecule has 0 aliphatic heterocycles. The molecule has 0 atom stereocenters. The van der Waals surface area contributed by atoms with Gasteiger partial charge in [0.25, 0.3) is 5.52 Å². The SMILES string of the molecule is C=C(C)C(=O)P(=O)(Oc1ccccc1C)Oc1ccccc1C. The Bertz CT molecular complexity index is 744. The highest BCUT2D eigenvalue weighted by atomic mass is 31.2. The zero-order valence-corrected chi connectivity index (χ0v) is 14.3. The van der Waals surface area contributed by atoms with Crippen LogP contribution in [0.15, 0.2) is 60.7 Å². The van der Waals surface area contributed by atoms with E-state index >= 15 is 0 Å². The van der Waals surface area contributed by atoms with Crippen molar-refractivity contribution in [3.8, 4) is 11.5 Å². The van der Waals surface area contributed by atoms with Crippen LogP contribution in [0.1, 0.15) is 18.1 Å². The van der Waals surface area contributed by atoms with Gasteiger partial charge in [0.15, 0.2) is 0 Å². The Kier molecular flexibility index (Phi) is 5.07. The van der Waals surface area contributed by atoms with Crippen LogP contribution in [0.3, 0.4) is 0 Å². The molecular formula is C18H19O4P. The summed E-state index contributed by atoms with van der Waals surface area (Å²) in [6.07, 6.45) is 0. The maximum Gasteiger partial charge on any atom is 0.503 e. The average molecular weight is 330 g/mol. The zero-order chi connectivity index (χ0) is 17.0. The van der Waals surface area contributed by atoms with E-state index in [0.717, 1.165) is 11.1 Å². The highest BCUT2D eigenvalue weighted by Crippen LogP contribution is 2.51. The summed E-state index contributed by atoms with van der Waals surface area (Å²) in [5.74, 6) is 0.693. The minimum atomic E-state index is -4.10. The molecule has 0 saturated carbocycles. The Labute approximate surface area is 136 Å². The minimum Gasteiger partial charge on any atom is -0.410 e. The number of carbonyl (C=O) groups is 1.